The first-order valence-corrected chi connectivity index (χ1v) is 8.74. The van der Waals surface area contributed by atoms with Crippen LogP contribution < -0.4 is 21.1 Å². The SMILES string of the molecule is COc1ccc(Nc2ncc(C)c(Nc3ccc4oc(=O)[nH]c4c3)n2)cc1Cl. The van der Waals surface area contributed by atoms with Crippen LogP contribution in [0.5, 0.6) is 5.75 Å². The molecule has 9 heteroatoms. The van der Waals surface area contributed by atoms with E-state index in [2.05, 4.69) is 25.6 Å². The van der Waals surface area contributed by atoms with Crippen molar-refractivity contribution in [1.82, 2.24) is 15.0 Å². The monoisotopic (exact) mass is 397 g/mol. The number of fused-ring (bicyclic) bond motifs is 1. The van der Waals surface area contributed by atoms with Crippen molar-refractivity contribution < 1.29 is 9.15 Å². The van der Waals surface area contributed by atoms with Crippen LogP contribution in [0.1, 0.15) is 5.56 Å². The third-order valence-corrected chi connectivity index (χ3v) is 4.36. The number of hydrogen-bond donors (Lipinski definition) is 3. The minimum atomic E-state index is -0.491. The van der Waals surface area contributed by atoms with Crippen LogP contribution >= 0.6 is 11.6 Å². The van der Waals surface area contributed by atoms with Gasteiger partial charge in [-0.25, -0.2) is 9.78 Å². The van der Waals surface area contributed by atoms with E-state index in [4.69, 9.17) is 20.8 Å². The minimum Gasteiger partial charge on any atom is -0.495 e. The van der Waals surface area contributed by atoms with Crippen LogP contribution in [-0.4, -0.2) is 22.1 Å². The Morgan fingerprint density at radius 1 is 1.14 bits per heavy atom. The number of rotatable bonds is 5. The molecule has 142 valence electrons. The molecule has 0 unspecified atom stereocenters. The molecule has 0 aliphatic heterocycles. The van der Waals surface area contributed by atoms with Crippen molar-refractivity contribution >= 4 is 45.8 Å². The number of oxazole rings is 1. The summed E-state index contributed by atoms with van der Waals surface area (Å²) in [6.45, 7) is 1.90. The second-order valence-electron chi connectivity index (χ2n) is 6.05. The van der Waals surface area contributed by atoms with E-state index in [0.29, 0.717) is 33.6 Å². The predicted octanol–water partition coefficient (Wildman–Crippen LogP) is 4.37. The molecule has 0 bridgehead atoms. The standard InChI is InChI=1S/C19H16ClN5O3/c1-10-9-21-18(23-11-3-5-15(27-2)13(20)7-11)25-17(10)22-12-4-6-16-14(8-12)24-19(26)28-16/h3-9H,1-2H3,(H,24,26)(H2,21,22,23,25). The summed E-state index contributed by atoms with van der Waals surface area (Å²) in [7, 11) is 1.56. The van der Waals surface area contributed by atoms with Gasteiger partial charge in [-0.2, -0.15) is 4.98 Å². The molecular formula is C19H16ClN5O3. The first-order chi connectivity index (χ1) is 13.5. The van der Waals surface area contributed by atoms with Gasteiger partial charge in [-0.3, -0.25) is 4.98 Å². The number of anilines is 4. The Kier molecular flexibility index (Phi) is 4.62. The molecule has 4 aromatic rings. The molecule has 0 radical (unpaired) electrons. The van der Waals surface area contributed by atoms with Gasteiger partial charge < -0.3 is 19.8 Å². The van der Waals surface area contributed by atoms with E-state index >= 15 is 0 Å². The van der Waals surface area contributed by atoms with Gasteiger partial charge in [0.2, 0.25) is 5.95 Å². The molecule has 2 heterocycles. The molecule has 28 heavy (non-hydrogen) atoms. The van der Waals surface area contributed by atoms with Gasteiger partial charge in [-0.15, -0.1) is 0 Å². The van der Waals surface area contributed by atoms with Crippen molar-refractivity contribution in [3.8, 4) is 5.75 Å². The molecule has 0 aliphatic rings. The van der Waals surface area contributed by atoms with Crippen LogP contribution in [0.3, 0.4) is 0 Å². The number of ether oxygens (including phenoxy) is 1. The van der Waals surface area contributed by atoms with Gasteiger partial charge in [0.15, 0.2) is 5.58 Å². The summed E-state index contributed by atoms with van der Waals surface area (Å²) in [4.78, 5) is 22.8. The molecule has 0 atom stereocenters. The Hall–Kier alpha value is -3.52. The van der Waals surface area contributed by atoms with Crippen molar-refractivity contribution in [2.24, 2.45) is 0 Å². The van der Waals surface area contributed by atoms with Gasteiger partial charge in [0.05, 0.1) is 17.6 Å². The number of aromatic amines is 1. The first kappa shape index (κ1) is 17.9. The highest BCUT2D eigenvalue weighted by Gasteiger charge is 2.08. The van der Waals surface area contributed by atoms with Gasteiger partial charge >= 0.3 is 5.76 Å². The zero-order valence-electron chi connectivity index (χ0n) is 15.0. The van der Waals surface area contributed by atoms with Crippen LogP contribution in [0.4, 0.5) is 23.1 Å². The Balaban J connectivity index is 1.59. The predicted molar refractivity (Wildman–Crippen MR) is 108 cm³/mol. The fourth-order valence-electron chi connectivity index (χ4n) is 2.67. The normalized spacial score (nSPS) is 10.8. The summed E-state index contributed by atoms with van der Waals surface area (Å²) >= 11 is 6.16. The molecule has 0 saturated heterocycles. The number of methoxy groups -OCH3 is 1. The maximum atomic E-state index is 11.3. The van der Waals surface area contributed by atoms with E-state index < -0.39 is 5.76 Å². The molecule has 2 aromatic carbocycles. The molecule has 0 fully saturated rings. The largest absolute Gasteiger partial charge is 0.495 e. The van der Waals surface area contributed by atoms with Gasteiger partial charge in [0.25, 0.3) is 0 Å². The Morgan fingerprint density at radius 3 is 2.71 bits per heavy atom. The average Bonchev–Trinajstić information content (AvgIpc) is 3.04. The lowest BCUT2D eigenvalue weighted by atomic mass is 10.2. The number of hydrogen-bond acceptors (Lipinski definition) is 7. The van der Waals surface area contributed by atoms with E-state index in [-0.39, 0.29) is 0 Å². The van der Waals surface area contributed by atoms with E-state index in [1.165, 1.54) is 0 Å². The van der Waals surface area contributed by atoms with Gasteiger partial charge in [0, 0.05) is 23.1 Å². The van der Waals surface area contributed by atoms with Gasteiger partial charge in [0.1, 0.15) is 11.6 Å². The first-order valence-electron chi connectivity index (χ1n) is 8.36. The van der Waals surface area contributed by atoms with Crippen LogP contribution in [0, 0.1) is 6.92 Å². The Bertz CT molecular complexity index is 1220. The van der Waals surface area contributed by atoms with E-state index in [0.717, 1.165) is 16.9 Å². The third kappa shape index (κ3) is 3.63. The van der Waals surface area contributed by atoms with Gasteiger partial charge in [-0.05, 0) is 43.3 Å². The van der Waals surface area contributed by atoms with Crippen molar-refractivity contribution in [3.05, 3.63) is 63.7 Å². The summed E-state index contributed by atoms with van der Waals surface area (Å²) in [6, 6.07) is 10.6. The van der Waals surface area contributed by atoms with Crippen molar-refractivity contribution in [2.45, 2.75) is 6.92 Å². The highest BCUT2D eigenvalue weighted by atomic mass is 35.5. The van der Waals surface area contributed by atoms with Crippen LogP contribution in [-0.2, 0) is 0 Å². The maximum Gasteiger partial charge on any atom is 0.417 e. The second-order valence-corrected chi connectivity index (χ2v) is 6.46. The fraction of sp³-hybridized carbons (Fsp3) is 0.105. The maximum absolute atomic E-state index is 11.3. The second kappa shape index (κ2) is 7.24. The lowest BCUT2D eigenvalue weighted by Crippen LogP contribution is -2.03. The quantitative estimate of drug-likeness (QED) is 0.459. The molecule has 3 N–H and O–H groups in total. The highest BCUT2D eigenvalue weighted by molar-refractivity contribution is 6.32. The summed E-state index contributed by atoms with van der Waals surface area (Å²) in [6.07, 6.45) is 1.71. The van der Waals surface area contributed by atoms with Crippen LogP contribution in [0.15, 0.2) is 51.8 Å². The lowest BCUT2D eigenvalue weighted by Gasteiger charge is -2.12. The Morgan fingerprint density at radius 2 is 1.93 bits per heavy atom. The molecule has 0 amide bonds. The number of nitrogens with zero attached hydrogens (tertiary/aromatic N) is 2. The fourth-order valence-corrected chi connectivity index (χ4v) is 2.93. The number of nitrogens with one attached hydrogen (secondary N) is 3. The zero-order chi connectivity index (χ0) is 19.7. The number of aryl methyl sites for hydroxylation is 1. The number of halogens is 1. The molecule has 0 aliphatic carbocycles. The lowest BCUT2D eigenvalue weighted by molar-refractivity contribution is 0.415. The smallest absolute Gasteiger partial charge is 0.417 e. The van der Waals surface area contributed by atoms with Crippen LogP contribution in [0.25, 0.3) is 11.1 Å². The molecule has 0 spiro atoms. The van der Waals surface area contributed by atoms with E-state index in [1.807, 2.05) is 13.0 Å². The van der Waals surface area contributed by atoms with Crippen molar-refractivity contribution in [3.63, 3.8) is 0 Å². The summed E-state index contributed by atoms with van der Waals surface area (Å²) in [5.41, 5.74) is 3.45. The summed E-state index contributed by atoms with van der Waals surface area (Å²) < 4.78 is 10.2. The van der Waals surface area contributed by atoms with Crippen molar-refractivity contribution in [2.75, 3.05) is 17.7 Å². The minimum absolute atomic E-state index is 0.409. The Labute approximate surface area is 164 Å². The molecule has 0 saturated carbocycles. The van der Waals surface area contributed by atoms with Crippen LogP contribution in [0.2, 0.25) is 5.02 Å². The van der Waals surface area contributed by atoms with Gasteiger partial charge in [-0.1, -0.05) is 11.6 Å². The topological polar surface area (TPSA) is 105 Å². The summed E-state index contributed by atoms with van der Waals surface area (Å²) in [5.74, 6) is 1.14. The number of benzene rings is 2. The van der Waals surface area contributed by atoms with E-state index in [9.17, 15) is 4.79 Å². The number of aromatic nitrogens is 3. The third-order valence-electron chi connectivity index (χ3n) is 4.06. The van der Waals surface area contributed by atoms with E-state index in [1.54, 1.807) is 43.6 Å². The molecule has 8 nitrogen and oxygen atoms in total. The summed E-state index contributed by atoms with van der Waals surface area (Å²) in [5, 5.41) is 6.83. The number of H-pyrrole nitrogens is 1. The molecule has 4 rings (SSSR count). The zero-order valence-corrected chi connectivity index (χ0v) is 15.8. The molecular weight excluding hydrogens is 382 g/mol. The van der Waals surface area contributed by atoms with Crippen molar-refractivity contribution in [1.29, 1.82) is 0 Å². The molecule has 2 aromatic heterocycles. The average molecular weight is 398 g/mol. The highest BCUT2D eigenvalue weighted by Crippen LogP contribution is 2.29.